The normalized spacial score (nSPS) is 9.95. The predicted molar refractivity (Wildman–Crippen MR) is 94.2 cm³/mol. The van der Waals surface area contributed by atoms with E-state index in [1.807, 2.05) is 0 Å². The van der Waals surface area contributed by atoms with Gasteiger partial charge in [0.05, 0.1) is 0 Å². The highest BCUT2D eigenvalue weighted by Gasteiger charge is 2.04. The molecule has 20 heavy (non-hydrogen) atoms. The molecule has 0 aliphatic heterocycles. The molecule has 0 saturated carbocycles. The summed E-state index contributed by atoms with van der Waals surface area (Å²) in [6.45, 7) is 6.44. The Kier molecular flexibility index (Phi) is 7.61. The molecule has 0 nitrogen and oxygen atoms in total. The van der Waals surface area contributed by atoms with Crippen molar-refractivity contribution in [3.8, 4) is 11.1 Å². The van der Waals surface area contributed by atoms with Crippen molar-refractivity contribution < 1.29 is 0 Å². The molecule has 2 aromatic rings. The van der Waals surface area contributed by atoms with Gasteiger partial charge >= 0.3 is 0 Å². The molecule has 0 atom stereocenters. The minimum Gasteiger partial charge on any atom is -0.0871 e. The third-order valence-corrected chi connectivity index (χ3v) is 3.33. The first-order chi connectivity index (χ1) is 8.76. The van der Waals surface area contributed by atoms with Crippen LogP contribution >= 0.6 is 0 Å². The zero-order valence-corrected chi connectivity index (χ0v) is 11.4. The van der Waals surface area contributed by atoms with E-state index in [0.717, 1.165) is 6.42 Å². The fraction of sp³-hybridized carbons (Fsp3) is 0.300. The molecule has 0 radical (unpaired) electrons. The predicted octanol–water partition coefficient (Wildman–Crippen LogP) is 6.53. The summed E-state index contributed by atoms with van der Waals surface area (Å²) in [4.78, 5) is 0. The van der Waals surface area contributed by atoms with Crippen molar-refractivity contribution in [1.29, 1.82) is 0 Å². The van der Waals surface area contributed by atoms with Gasteiger partial charge in [0.15, 0.2) is 0 Å². The Morgan fingerprint density at radius 1 is 1.00 bits per heavy atom. The van der Waals surface area contributed by atoms with Crippen molar-refractivity contribution in [1.82, 2.24) is 0 Å². The third-order valence-electron chi connectivity index (χ3n) is 3.33. The first-order valence-corrected chi connectivity index (χ1v) is 6.58. The molecule has 0 unspecified atom stereocenters. The smallest absolute Gasteiger partial charge is 0.0155 e. The number of aryl methyl sites for hydroxylation is 2. The molecule has 0 N–H and O–H groups in total. The van der Waals surface area contributed by atoms with Crippen molar-refractivity contribution >= 4 is 6.08 Å². The average molecular weight is 268 g/mol. The molecule has 2 aromatic carbocycles. The number of rotatable bonds is 3. The molecule has 0 aromatic heterocycles. The number of hydrogen-bond donors (Lipinski definition) is 0. The van der Waals surface area contributed by atoms with Crippen molar-refractivity contribution in [2.45, 2.75) is 42.0 Å². The zero-order valence-electron chi connectivity index (χ0n) is 11.4. The van der Waals surface area contributed by atoms with Crippen LogP contribution in [0, 0.1) is 6.92 Å². The Bertz CT molecular complexity index is 562. The van der Waals surface area contributed by atoms with Gasteiger partial charge in [-0.25, -0.2) is 0 Å². The summed E-state index contributed by atoms with van der Waals surface area (Å²) in [7, 11) is 0. The van der Waals surface area contributed by atoms with Gasteiger partial charge in [0, 0.05) is 0 Å². The van der Waals surface area contributed by atoms with Crippen molar-refractivity contribution in [3.63, 3.8) is 0 Å². The lowest BCUT2D eigenvalue weighted by Gasteiger charge is -2.10. The topological polar surface area (TPSA) is 0 Å². The van der Waals surface area contributed by atoms with E-state index in [0.29, 0.717) is 0 Å². The maximum Gasteiger partial charge on any atom is -0.0155 e. The molecule has 0 fully saturated rings. The highest BCUT2D eigenvalue weighted by atomic mass is 14.1. The highest BCUT2D eigenvalue weighted by molar-refractivity contribution is 5.71. The molecule has 0 aliphatic rings. The SMILES string of the molecule is C.C.C/C=C\c1cc(-c2ccccc2C)ccc1CC. The van der Waals surface area contributed by atoms with Gasteiger partial charge in [0.2, 0.25) is 0 Å². The van der Waals surface area contributed by atoms with Crippen molar-refractivity contribution in [2.75, 3.05) is 0 Å². The highest BCUT2D eigenvalue weighted by Crippen LogP contribution is 2.26. The molecule has 0 saturated heterocycles. The summed E-state index contributed by atoms with van der Waals surface area (Å²) in [5.74, 6) is 0. The Morgan fingerprint density at radius 3 is 2.30 bits per heavy atom. The molecular formula is C20H28. The van der Waals surface area contributed by atoms with E-state index in [1.165, 1.54) is 27.8 Å². The quantitative estimate of drug-likeness (QED) is 0.593. The van der Waals surface area contributed by atoms with E-state index in [2.05, 4.69) is 75.4 Å². The van der Waals surface area contributed by atoms with E-state index in [9.17, 15) is 0 Å². The van der Waals surface area contributed by atoms with Crippen LogP contribution in [0.4, 0.5) is 0 Å². The van der Waals surface area contributed by atoms with Gasteiger partial charge in [-0.05, 0) is 54.2 Å². The molecule has 108 valence electrons. The maximum absolute atomic E-state index is 2.29. The summed E-state index contributed by atoms with van der Waals surface area (Å²) < 4.78 is 0. The summed E-state index contributed by atoms with van der Waals surface area (Å²) in [6, 6.07) is 15.3. The molecule has 0 bridgehead atoms. The molecule has 2 rings (SSSR count). The molecule has 0 aliphatic carbocycles. The Morgan fingerprint density at radius 2 is 1.70 bits per heavy atom. The maximum atomic E-state index is 2.29. The van der Waals surface area contributed by atoms with Crippen LogP contribution in [0.25, 0.3) is 17.2 Å². The van der Waals surface area contributed by atoms with Crippen LogP contribution in [-0.4, -0.2) is 0 Å². The summed E-state index contributed by atoms with van der Waals surface area (Å²) in [5.41, 5.74) is 6.70. The number of allylic oxidation sites excluding steroid dienone is 1. The van der Waals surface area contributed by atoms with Crippen LogP contribution in [0.2, 0.25) is 0 Å². The second-order valence-electron chi connectivity index (χ2n) is 4.58. The minimum atomic E-state index is 0. The fourth-order valence-electron chi connectivity index (χ4n) is 2.32. The lowest BCUT2D eigenvalue weighted by Crippen LogP contribution is -1.89. The largest absolute Gasteiger partial charge is 0.0871 e. The lowest BCUT2D eigenvalue weighted by atomic mass is 9.95. The van der Waals surface area contributed by atoms with Crippen LogP contribution in [0.5, 0.6) is 0 Å². The van der Waals surface area contributed by atoms with Gasteiger partial charge in [-0.1, -0.05) is 70.3 Å². The number of benzene rings is 2. The number of hydrogen-bond acceptors (Lipinski definition) is 0. The standard InChI is InChI=1S/C18H20.2CH4/c1-4-8-16-13-17(12-11-15(16)5-2)18-10-7-6-9-14(18)3;;/h4,6-13H,5H2,1-3H3;2*1H4/b8-4-;;. The van der Waals surface area contributed by atoms with Gasteiger partial charge in [-0.2, -0.15) is 0 Å². The van der Waals surface area contributed by atoms with Crippen LogP contribution in [-0.2, 0) is 6.42 Å². The monoisotopic (exact) mass is 268 g/mol. The third kappa shape index (κ3) is 3.84. The molecule has 0 heteroatoms. The Balaban J connectivity index is 0.00000180. The minimum absolute atomic E-state index is 0. The fourth-order valence-corrected chi connectivity index (χ4v) is 2.32. The van der Waals surface area contributed by atoms with Gasteiger partial charge in [-0.3, -0.25) is 0 Å². The van der Waals surface area contributed by atoms with Crippen LogP contribution < -0.4 is 0 Å². The van der Waals surface area contributed by atoms with Gasteiger partial charge in [-0.15, -0.1) is 0 Å². The van der Waals surface area contributed by atoms with Crippen LogP contribution in [0.3, 0.4) is 0 Å². The van der Waals surface area contributed by atoms with Gasteiger partial charge in [0.25, 0.3) is 0 Å². The van der Waals surface area contributed by atoms with Crippen LogP contribution in [0.1, 0.15) is 45.4 Å². The van der Waals surface area contributed by atoms with Crippen molar-refractivity contribution in [3.05, 3.63) is 65.2 Å². The van der Waals surface area contributed by atoms with Crippen LogP contribution in [0.15, 0.2) is 48.5 Å². The van der Waals surface area contributed by atoms with E-state index in [1.54, 1.807) is 0 Å². The van der Waals surface area contributed by atoms with E-state index in [-0.39, 0.29) is 14.9 Å². The van der Waals surface area contributed by atoms with E-state index >= 15 is 0 Å². The average Bonchev–Trinajstić information content (AvgIpc) is 2.40. The Hall–Kier alpha value is -1.82. The van der Waals surface area contributed by atoms with Gasteiger partial charge in [0.1, 0.15) is 0 Å². The molecule has 0 spiro atoms. The molecule has 0 heterocycles. The van der Waals surface area contributed by atoms with Crippen molar-refractivity contribution in [2.24, 2.45) is 0 Å². The Labute approximate surface area is 125 Å². The second kappa shape index (κ2) is 8.37. The lowest BCUT2D eigenvalue weighted by molar-refractivity contribution is 1.13. The summed E-state index contributed by atoms with van der Waals surface area (Å²) in [6.07, 6.45) is 5.38. The zero-order chi connectivity index (χ0) is 13.0. The summed E-state index contributed by atoms with van der Waals surface area (Å²) in [5, 5.41) is 0. The second-order valence-corrected chi connectivity index (χ2v) is 4.58. The summed E-state index contributed by atoms with van der Waals surface area (Å²) >= 11 is 0. The van der Waals surface area contributed by atoms with Gasteiger partial charge < -0.3 is 0 Å². The first-order valence-electron chi connectivity index (χ1n) is 6.58. The molecular weight excluding hydrogens is 240 g/mol. The first kappa shape index (κ1) is 18.2. The van der Waals surface area contributed by atoms with E-state index < -0.39 is 0 Å². The molecule has 0 amide bonds. The van der Waals surface area contributed by atoms with E-state index in [4.69, 9.17) is 0 Å².